The standard InChI is InChI=1S/C9H10BrN3O/c1-6(14-2)13-8-3-4-9(10)12-7(8)5-11-13/h3-6H,1-2H3. The number of pyridine rings is 1. The van der Waals surface area contributed by atoms with Gasteiger partial charge >= 0.3 is 0 Å². The average molecular weight is 256 g/mol. The number of hydrogen-bond acceptors (Lipinski definition) is 3. The third kappa shape index (κ3) is 1.53. The molecule has 0 saturated heterocycles. The summed E-state index contributed by atoms with van der Waals surface area (Å²) in [5, 5.41) is 4.22. The van der Waals surface area contributed by atoms with E-state index in [-0.39, 0.29) is 6.23 Å². The Hall–Kier alpha value is -0.940. The molecule has 4 nitrogen and oxygen atoms in total. The molecule has 2 aromatic rings. The van der Waals surface area contributed by atoms with Gasteiger partial charge in [0.2, 0.25) is 0 Å². The molecule has 0 aliphatic rings. The molecule has 14 heavy (non-hydrogen) atoms. The van der Waals surface area contributed by atoms with Crippen LogP contribution in [0.1, 0.15) is 13.2 Å². The van der Waals surface area contributed by atoms with Gasteiger partial charge in [-0.05, 0) is 35.0 Å². The van der Waals surface area contributed by atoms with Crippen LogP contribution in [0.4, 0.5) is 0 Å². The Bertz CT molecular complexity index is 454. The van der Waals surface area contributed by atoms with Crippen molar-refractivity contribution < 1.29 is 4.74 Å². The molecule has 0 saturated carbocycles. The Kier molecular flexibility index (Phi) is 2.52. The van der Waals surface area contributed by atoms with Crippen LogP contribution in [-0.4, -0.2) is 21.9 Å². The van der Waals surface area contributed by atoms with E-state index in [2.05, 4.69) is 26.0 Å². The molecule has 0 N–H and O–H groups in total. The molecule has 74 valence electrons. The van der Waals surface area contributed by atoms with Crippen LogP contribution in [0.25, 0.3) is 11.0 Å². The summed E-state index contributed by atoms with van der Waals surface area (Å²) in [6.07, 6.45) is 1.66. The minimum Gasteiger partial charge on any atom is -0.360 e. The smallest absolute Gasteiger partial charge is 0.147 e. The van der Waals surface area contributed by atoms with E-state index in [1.165, 1.54) is 0 Å². The maximum Gasteiger partial charge on any atom is 0.147 e. The van der Waals surface area contributed by atoms with Gasteiger partial charge in [-0.1, -0.05) is 0 Å². The molecular formula is C9H10BrN3O. The third-order valence-electron chi connectivity index (χ3n) is 2.11. The summed E-state index contributed by atoms with van der Waals surface area (Å²) < 4.78 is 7.81. The van der Waals surface area contributed by atoms with E-state index in [0.717, 1.165) is 15.6 Å². The largest absolute Gasteiger partial charge is 0.360 e. The molecule has 1 unspecified atom stereocenters. The summed E-state index contributed by atoms with van der Waals surface area (Å²) in [7, 11) is 1.66. The van der Waals surface area contributed by atoms with Gasteiger partial charge in [0.1, 0.15) is 16.3 Å². The van der Waals surface area contributed by atoms with Gasteiger partial charge in [-0.25, -0.2) is 9.67 Å². The monoisotopic (exact) mass is 255 g/mol. The number of aromatic nitrogens is 3. The number of rotatable bonds is 2. The molecule has 1 atom stereocenters. The van der Waals surface area contributed by atoms with Crippen LogP contribution in [0.15, 0.2) is 22.9 Å². The van der Waals surface area contributed by atoms with Crippen LogP contribution < -0.4 is 0 Å². The zero-order valence-electron chi connectivity index (χ0n) is 7.94. The lowest BCUT2D eigenvalue weighted by Gasteiger charge is -2.10. The molecule has 2 heterocycles. The molecule has 0 aromatic carbocycles. The maximum atomic E-state index is 5.19. The Morgan fingerprint density at radius 2 is 2.29 bits per heavy atom. The van der Waals surface area contributed by atoms with Gasteiger partial charge in [-0.2, -0.15) is 5.10 Å². The zero-order chi connectivity index (χ0) is 10.1. The number of hydrogen-bond donors (Lipinski definition) is 0. The zero-order valence-corrected chi connectivity index (χ0v) is 9.52. The first-order valence-corrected chi connectivity index (χ1v) is 5.04. The first-order valence-electron chi connectivity index (χ1n) is 4.25. The third-order valence-corrected chi connectivity index (χ3v) is 2.55. The maximum absolute atomic E-state index is 5.19. The summed E-state index contributed by atoms with van der Waals surface area (Å²) in [6, 6.07) is 3.86. The highest BCUT2D eigenvalue weighted by Gasteiger charge is 2.09. The molecule has 0 amide bonds. The van der Waals surface area contributed by atoms with Crippen molar-refractivity contribution in [3.8, 4) is 0 Å². The van der Waals surface area contributed by atoms with E-state index < -0.39 is 0 Å². The molecule has 0 radical (unpaired) electrons. The lowest BCUT2D eigenvalue weighted by molar-refractivity contribution is 0.0539. The van der Waals surface area contributed by atoms with E-state index in [0.29, 0.717) is 0 Å². The summed E-state index contributed by atoms with van der Waals surface area (Å²) in [6.45, 7) is 1.94. The predicted octanol–water partition coefficient (Wildman–Crippen LogP) is 2.36. The van der Waals surface area contributed by atoms with Crippen LogP contribution in [0.3, 0.4) is 0 Å². The van der Waals surface area contributed by atoms with Gasteiger partial charge in [0, 0.05) is 7.11 Å². The van der Waals surface area contributed by atoms with E-state index in [9.17, 15) is 0 Å². The predicted molar refractivity (Wildman–Crippen MR) is 56.9 cm³/mol. The molecule has 0 aliphatic carbocycles. The van der Waals surface area contributed by atoms with Crippen molar-refractivity contribution >= 4 is 27.0 Å². The molecule has 2 aromatic heterocycles. The molecule has 0 spiro atoms. The lowest BCUT2D eigenvalue weighted by atomic mass is 10.4. The van der Waals surface area contributed by atoms with Crippen molar-refractivity contribution in [2.45, 2.75) is 13.2 Å². The highest BCUT2D eigenvalue weighted by molar-refractivity contribution is 9.10. The van der Waals surface area contributed by atoms with Crippen molar-refractivity contribution in [2.24, 2.45) is 0 Å². The summed E-state index contributed by atoms with van der Waals surface area (Å²) in [5.74, 6) is 0. The van der Waals surface area contributed by atoms with Crippen molar-refractivity contribution in [2.75, 3.05) is 7.11 Å². The van der Waals surface area contributed by atoms with E-state index >= 15 is 0 Å². The minimum atomic E-state index is -0.0736. The van der Waals surface area contributed by atoms with Crippen LogP contribution in [0.2, 0.25) is 0 Å². The molecule has 0 fully saturated rings. The number of ether oxygens (including phenoxy) is 1. The van der Waals surface area contributed by atoms with Gasteiger partial charge in [-0.15, -0.1) is 0 Å². The Morgan fingerprint density at radius 3 is 3.00 bits per heavy atom. The van der Waals surface area contributed by atoms with Gasteiger partial charge < -0.3 is 4.74 Å². The fourth-order valence-corrected chi connectivity index (χ4v) is 1.62. The highest BCUT2D eigenvalue weighted by atomic mass is 79.9. The highest BCUT2D eigenvalue weighted by Crippen LogP contribution is 2.18. The summed E-state index contributed by atoms with van der Waals surface area (Å²) in [4.78, 5) is 4.29. The number of halogens is 1. The second-order valence-electron chi connectivity index (χ2n) is 2.96. The van der Waals surface area contributed by atoms with Crippen molar-refractivity contribution in [1.82, 2.24) is 14.8 Å². The average Bonchev–Trinajstić information content (AvgIpc) is 2.59. The Balaban J connectivity index is 2.58. The normalized spacial score (nSPS) is 13.4. The fourth-order valence-electron chi connectivity index (χ4n) is 1.30. The van der Waals surface area contributed by atoms with Crippen LogP contribution in [0, 0.1) is 0 Å². The molecule has 0 bridgehead atoms. The quantitative estimate of drug-likeness (QED) is 0.774. The summed E-state index contributed by atoms with van der Waals surface area (Å²) in [5.41, 5.74) is 1.84. The molecule has 2 rings (SSSR count). The van der Waals surface area contributed by atoms with Gasteiger partial charge in [0.05, 0.1) is 11.7 Å². The van der Waals surface area contributed by atoms with Gasteiger partial charge in [0.15, 0.2) is 0 Å². The fraction of sp³-hybridized carbons (Fsp3) is 0.333. The SMILES string of the molecule is COC(C)n1ncc2nc(Br)ccc21. The van der Waals surface area contributed by atoms with Crippen LogP contribution in [0.5, 0.6) is 0 Å². The van der Waals surface area contributed by atoms with Crippen LogP contribution in [-0.2, 0) is 4.74 Å². The Morgan fingerprint density at radius 1 is 1.50 bits per heavy atom. The Labute approximate surface area is 90.0 Å². The van der Waals surface area contributed by atoms with Gasteiger partial charge in [-0.3, -0.25) is 0 Å². The second kappa shape index (κ2) is 3.67. The number of methoxy groups -OCH3 is 1. The van der Waals surface area contributed by atoms with Gasteiger partial charge in [0.25, 0.3) is 0 Å². The van der Waals surface area contributed by atoms with Crippen molar-refractivity contribution in [3.05, 3.63) is 22.9 Å². The van der Waals surface area contributed by atoms with E-state index in [4.69, 9.17) is 4.74 Å². The lowest BCUT2D eigenvalue weighted by Crippen LogP contribution is -2.08. The molecular weight excluding hydrogens is 246 g/mol. The topological polar surface area (TPSA) is 39.9 Å². The minimum absolute atomic E-state index is 0.0736. The number of nitrogens with zero attached hydrogens (tertiary/aromatic N) is 3. The number of fused-ring (bicyclic) bond motifs is 1. The second-order valence-corrected chi connectivity index (χ2v) is 3.77. The van der Waals surface area contributed by atoms with Crippen LogP contribution >= 0.6 is 15.9 Å². The van der Waals surface area contributed by atoms with Crippen molar-refractivity contribution in [3.63, 3.8) is 0 Å². The van der Waals surface area contributed by atoms with E-state index in [1.54, 1.807) is 18.0 Å². The van der Waals surface area contributed by atoms with E-state index in [1.807, 2.05) is 19.1 Å². The van der Waals surface area contributed by atoms with Crippen molar-refractivity contribution in [1.29, 1.82) is 0 Å². The first-order chi connectivity index (χ1) is 6.72. The molecule has 0 aliphatic heterocycles. The first kappa shape index (κ1) is 9.61. The summed E-state index contributed by atoms with van der Waals surface area (Å²) >= 11 is 3.32. The molecule has 5 heteroatoms.